The second-order valence-electron chi connectivity index (χ2n) is 5.28. The van der Waals surface area contributed by atoms with Gasteiger partial charge >= 0.3 is 5.97 Å². The number of aliphatic carboxylic acids is 1. The van der Waals surface area contributed by atoms with Gasteiger partial charge in [0, 0.05) is 19.1 Å². The molecule has 2 N–H and O–H groups in total. The molecule has 1 aromatic rings. The Labute approximate surface area is 157 Å². The van der Waals surface area contributed by atoms with Crippen LogP contribution in [-0.2, 0) is 19.2 Å². The highest BCUT2D eigenvalue weighted by Gasteiger charge is 2.40. The number of carboxylic acids is 1. The number of nitrogens with zero attached hydrogens (tertiary/aromatic N) is 1. The van der Waals surface area contributed by atoms with Gasteiger partial charge in [0.15, 0.2) is 0 Å². The standard InChI is InChI=1S/C15H14Cl2N2O5S/c1-7(20)18-11(15(23)24)6-25-12-5-13(21)19(14(12)22)8-2-3-9(16)10(17)4-8/h2-4,11-12H,5-6H2,1H3,(H,18,20)(H,23,24)/t11-,12+/m0/s1. The van der Waals surface area contributed by atoms with Crippen LogP contribution < -0.4 is 10.2 Å². The largest absolute Gasteiger partial charge is 0.480 e. The van der Waals surface area contributed by atoms with Crippen molar-refractivity contribution >= 4 is 64.3 Å². The molecule has 1 aliphatic heterocycles. The lowest BCUT2D eigenvalue weighted by Gasteiger charge is -2.17. The smallest absolute Gasteiger partial charge is 0.327 e. The number of halogens is 2. The Kier molecular flexibility index (Phi) is 6.31. The van der Waals surface area contributed by atoms with Crippen molar-refractivity contribution in [3.05, 3.63) is 28.2 Å². The zero-order chi connectivity index (χ0) is 18.7. The molecule has 1 aromatic carbocycles. The maximum Gasteiger partial charge on any atom is 0.327 e. The molecule has 0 radical (unpaired) electrons. The van der Waals surface area contributed by atoms with Crippen LogP contribution >= 0.6 is 35.0 Å². The van der Waals surface area contributed by atoms with Gasteiger partial charge in [0.2, 0.25) is 17.7 Å². The SMILES string of the molecule is CC(=O)N[C@@H](CS[C@@H]1CC(=O)N(c2ccc(Cl)c(Cl)c2)C1=O)C(=O)O. The fraction of sp³-hybridized carbons (Fsp3) is 0.333. The van der Waals surface area contributed by atoms with E-state index in [4.69, 9.17) is 28.3 Å². The first-order valence-electron chi connectivity index (χ1n) is 7.14. The van der Waals surface area contributed by atoms with Crippen LogP contribution in [0.25, 0.3) is 0 Å². The third-order valence-corrected chi connectivity index (χ3v) is 5.44. The summed E-state index contributed by atoms with van der Waals surface area (Å²) in [6.45, 7) is 1.21. The molecule has 1 aliphatic rings. The van der Waals surface area contributed by atoms with Crippen molar-refractivity contribution in [2.45, 2.75) is 24.6 Å². The van der Waals surface area contributed by atoms with Crippen LogP contribution in [0, 0.1) is 0 Å². The zero-order valence-electron chi connectivity index (χ0n) is 13.0. The molecule has 2 atom stereocenters. The Balaban J connectivity index is 2.08. The van der Waals surface area contributed by atoms with Gasteiger partial charge in [0.1, 0.15) is 6.04 Å². The van der Waals surface area contributed by atoms with Crippen molar-refractivity contribution in [2.75, 3.05) is 10.7 Å². The molecule has 0 bridgehead atoms. The van der Waals surface area contributed by atoms with E-state index in [1.165, 1.54) is 25.1 Å². The first-order chi connectivity index (χ1) is 11.7. The molecule has 25 heavy (non-hydrogen) atoms. The summed E-state index contributed by atoms with van der Waals surface area (Å²) in [6, 6.07) is 3.28. The molecule has 0 saturated carbocycles. The van der Waals surface area contributed by atoms with Gasteiger partial charge in [-0.15, -0.1) is 11.8 Å². The van der Waals surface area contributed by atoms with Gasteiger partial charge < -0.3 is 10.4 Å². The van der Waals surface area contributed by atoms with Gasteiger partial charge in [-0.25, -0.2) is 9.69 Å². The average Bonchev–Trinajstić information content (AvgIpc) is 2.80. The average molecular weight is 405 g/mol. The first-order valence-corrected chi connectivity index (χ1v) is 8.94. The predicted octanol–water partition coefficient (Wildman–Crippen LogP) is 1.95. The summed E-state index contributed by atoms with van der Waals surface area (Å²) in [5.41, 5.74) is 0.309. The molecule has 0 unspecified atom stereocenters. The molecule has 0 aliphatic carbocycles. The highest BCUT2D eigenvalue weighted by atomic mass is 35.5. The minimum absolute atomic E-state index is 0.0339. The van der Waals surface area contributed by atoms with E-state index in [9.17, 15) is 19.2 Å². The summed E-state index contributed by atoms with van der Waals surface area (Å²) in [5.74, 6) is -2.60. The second-order valence-corrected chi connectivity index (χ2v) is 7.33. The number of carboxylic acid groups (broad SMARTS) is 1. The van der Waals surface area contributed by atoms with E-state index in [0.717, 1.165) is 16.7 Å². The summed E-state index contributed by atoms with van der Waals surface area (Å²) in [6.07, 6.45) is -0.0594. The number of carbonyl (C=O) groups is 4. The lowest BCUT2D eigenvalue weighted by Crippen LogP contribution is -2.42. The fourth-order valence-corrected chi connectivity index (χ4v) is 3.71. The van der Waals surface area contributed by atoms with Gasteiger partial charge in [-0.1, -0.05) is 23.2 Å². The zero-order valence-corrected chi connectivity index (χ0v) is 15.3. The number of carbonyl (C=O) groups excluding carboxylic acids is 3. The molecule has 2 rings (SSSR count). The topological polar surface area (TPSA) is 104 Å². The van der Waals surface area contributed by atoms with E-state index < -0.39 is 35.0 Å². The molecular weight excluding hydrogens is 391 g/mol. The van der Waals surface area contributed by atoms with Gasteiger partial charge in [-0.3, -0.25) is 14.4 Å². The van der Waals surface area contributed by atoms with E-state index >= 15 is 0 Å². The number of rotatable bonds is 6. The quantitative estimate of drug-likeness (QED) is 0.702. The van der Waals surface area contributed by atoms with Crippen LogP contribution in [0.2, 0.25) is 10.0 Å². The summed E-state index contributed by atoms with van der Waals surface area (Å²) >= 11 is 12.8. The number of hydrogen-bond donors (Lipinski definition) is 2. The molecule has 1 saturated heterocycles. The third kappa shape index (κ3) is 4.65. The van der Waals surface area contributed by atoms with Crippen LogP contribution in [0.5, 0.6) is 0 Å². The van der Waals surface area contributed by atoms with Crippen molar-refractivity contribution in [3.8, 4) is 0 Å². The van der Waals surface area contributed by atoms with Gasteiger partial charge in [-0.05, 0) is 18.2 Å². The van der Waals surface area contributed by atoms with Crippen LogP contribution in [0.1, 0.15) is 13.3 Å². The molecule has 0 spiro atoms. The maximum absolute atomic E-state index is 12.5. The monoisotopic (exact) mass is 404 g/mol. The fourth-order valence-electron chi connectivity index (χ4n) is 2.26. The van der Waals surface area contributed by atoms with Crippen molar-refractivity contribution < 1.29 is 24.3 Å². The molecule has 0 aromatic heterocycles. The number of imide groups is 1. The normalized spacial score (nSPS) is 18.4. The number of anilines is 1. The Hall–Kier alpha value is -1.77. The summed E-state index contributed by atoms with van der Waals surface area (Å²) in [7, 11) is 0. The van der Waals surface area contributed by atoms with Crippen molar-refractivity contribution in [2.24, 2.45) is 0 Å². The van der Waals surface area contributed by atoms with E-state index in [1.807, 2.05) is 0 Å². The Morgan fingerprint density at radius 2 is 2.04 bits per heavy atom. The number of thioether (sulfide) groups is 1. The summed E-state index contributed by atoms with van der Waals surface area (Å²) in [5, 5.41) is 11.2. The Bertz CT molecular complexity index is 743. The first kappa shape index (κ1) is 19.6. The molecule has 3 amide bonds. The maximum atomic E-state index is 12.5. The van der Waals surface area contributed by atoms with Gasteiger partial charge in [0.25, 0.3) is 0 Å². The third-order valence-electron chi connectivity index (χ3n) is 3.41. The molecular formula is C15H14Cl2N2O5S. The molecule has 134 valence electrons. The van der Waals surface area contributed by atoms with Crippen molar-refractivity contribution in [1.29, 1.82) is 0 Å². The summed E-state index contributed by atoms with van der Waals surface area (Å²) in [4.78, 5) is 47.8. The number of amides is 3. The van der Waals surface area contributed by atoms with Crippen molar-refractivity contribution in [1.82, 2.24) is 5.32 Å². The number of nitrogens with one attached hydrogen (secondary N) is 1. The summed E-state index contributed by atoms with van der Waals surface area (Å²) < 4.78 is 0. The van der Waals surface area contributed by atoms with Crippen LogP contribution in [0.3, 0.4) is 0 Å². The minimum atomic E-state index is -1.21. The Morgan fingerprint density at radius 3 is 2.60 bits per heavy atom. The van der Waals surface area contributed by atoms with Crippen molar-refractivity contribution in [3.63, 3.8) is 0 Å². The van der Waals surface area contributed by atoms with Crippen LogP contribution in [0.4, 0.5) is 5.69 Å². The lowest BCUT2D eigenvalue weighted by atomic mass is 10.3. The molecule has 1 fully saturated rings. The second kappa shape index (κ2) is 8.07. The predicted molar refractivity (Wildman–Crippen MR) is 95.1 cm³/mol. The lowest BCUT2D eigenvalue weighted by molar-refractivity contribution is -0.140. The molecule has 1 heterocycles. The van der Waals surface area contributed by atoms with Gasteiger partial charge in [-0.2, -0.15) is 0 Å². The number of hydrogen-bond acceptors (Lipinski definition) is 5. The Morgan fingerprint density at radius 1 is 1.36 bits per heavy atom. The highest BCUT2D eigenvalue weighted by Crippen LogP contribution is 2.33. The number of benzene rings is 1. The minimum Gasteiger partial charge on any atom is -0.480 e. The molecule has 7 nitrogen and oxygen atoms in total. The van der Waals surface area contributed by atoms with E-state index in [2.05, 4.69) is 5.32 Å². The van der Waals surface area contributed by atoms with E-state index in [-0.39, 0.29) is 17.2 Å². The van der Waals surface area contributed by atoms with E-state index in [0.29, 0.717) is 10.7 Å². The van der Waals surface area contributed by atoms with Crippen LogP contribution in [0.15, 0.2) is 18.2 Å². The highest BCUT2D eigenvalue weighted by molar-refractivity contribution is 8.00. The molecule has 10 heteroatoms. The van der Waals surface area contributed by atoms with Gasteiger partial charge in [0.05, 0.1) is 21.0 Å². The van der Waals surface area contributed by atoms with E-state index in [1.54, 1.807) is 0 Å². The van der Waals surface area contributed by atoms with Crippen LogP contribution in [-0.4, -0.2) is 45.8 Å².